The number of nitrogens with zero attached hydrogens (tertiary/aromatic N) is 2. The lowest BCUT2D eigenvalue weighted by molar-refractivity contribution is 0.669. The van der Waals surface area contributed by atoms with Crippen molar-refractivity contribution >= 4 is 104 Å². The Balaban J connectivity index is 0.892. The first kappa shape index (κ1) is 41.1. The molecule has 2 aromatic heterocycles. The molecule has 340 valence electrons. The van der Waals surface area contributed by atoms with Crippen LogP contribution in [0.4, 0.5) is 17.1 Å². The van der Waals surface area contributed by atoms with Crippen LogP contribution in [0.1, 0.15) is 0 Å². The first-order valence-corrected chi connectivity index (χ1v) is 25.1. The molecule has 0 saturated heterocycles. The van der Waals surface area contributed by atoms with Crippen molar-refractivity contribution < 1.29 is 4.42 Å². The fourth-order valence-corrected chi connectivity index (χ4v) is 11.7. The summed E-state index contributed by atoms with van der Waals surface area (Å²) in [5.41, 5.74) is 15.5. The standard InChI is InChI=1S/C70H44N2O/c1-2-13-45(14-3-1)47-27-33-53(34-28-47)71(67-22-12-24-69-70(67)61-21-10-11-23-68(61)73-69)54-35-29-48(30-36-54)51-31-39-65-63(42-51)64-43-52(50-26-25-46-15-4-5-16-49(46)41-50)32-40-66(64)72(65)55-37-38-60-58-19-7-6-17-56(58)57-18-8-9-20-59(57)62(60)44-55/h1-44H. The van der Waals surface area contributed by atoms with Crippen LogP contribution in [-0.4, -0.2) is 4.57 Å². The number of hydrogen-bond donors (Lipinski definition) is 0. The van der Waals surface area contributed by atoms with E-state index in [-0.39, 0.29) is 0 Å². The first-order chi connectivity index (χ1) is 36.2. The summed E-state index contributed by atoms with van der Waals surface area (Å²) >= 11 is 0. The molecule has 0 N–H and O–H groups in total. The van der Waals surface area contributed by atoms with Crippen LogP contribution in [0.15, 0.2) is 271 Å². The number of furan rings is 1. The van der Waals surface area contributed by atoms with Crippen molar-refractivity contribution in [2.75, 3.05) is 4.90 Å². The minimum absolute atomic E-state index is 0.864. The Bertz CT molecular complexity index is 4620. The van der Waals surface area contributed by atoms with Gasteiger partial charge < -0.3 is 13.9 Å². The predicted molar refractivity (Wildman–Crippen MR) is 309 cm³/mol. The van der Waals surface area contributed by atoms with Gasteiger partial charge in [-0.1, -0.05) is 182 Å². The third kappa shape index (κ3) is 6.67. The Hall–Kier alpha value is -9.70. The molecule has 3 nitrogen and oxygen atoms in total. The number of hydrogen-bond acceptors (Lipinski definition) is 2. The molecule has 2 heterocycles. The Labute approximate surface area is 421 Å². The molecule has 0 aliphatic carbocycles. The van der Waals surface area contributed by atoms with E-state index >= 15 is 0 Å². The van der Waals surface area contributed by atoms with Crippen molar-refractivity contribution in [3.63, 3.8) is 0 Å². The number of fused-ring (bicyclic) bond motifs is 13. The lowest BCUT2D eigenvalue weighted by Crippen LogP contribution is -2.10. The zero-order valence-electron chi connectivity index (χ0n) is 39.7. The van der Waals surface area contributed by atoms with Gasteiger partial charge in [0.15, 0.2) is 0 Å². The zero-order valence-corrected chi connectivity index (χ0v) is 39.7. The van der Waals surface area contributed by atoms with Crippen LogP contribution in [0, 0.1) is 0 Å². The summed E-state index contributed by atoms with van der Waals surface area (Å²) < 4.78 is 8.90. The Morgan fingerprint density at radius 2 is 0.753 bits per heavy atom. The smallest absolute Gasteiger partial charge is 0.137 e. The molecule has 15 aromatic rings. The average Bonchev–Trinajstić information content (AvgIpc) is 4.01. The summed E-state index contributed by atoms with van der Waals surface area (Å²) in [5.74, 6) is 0. The maximum absolute atomic E-state index is 6.44. The van der Waals surface area contributed by atoms with E-state index in [1.165, 1.54) is 87.1 Å². The minimum atomic E-state index is 0.864. The molecule has 0 saturated carbocycles. The molecule has 0 unspecified atom stereocenters. The van der Waals surface area contributed by atoms with E-state index in [0.717, 1.165) is 55.8 Å². The number of para-hydroxylation sites is 1. The van der Waals surface area contributed by atoms with E-state index in [1.807, 2.05) is 6.07 Å². The highest BCUT2D eigenvalue weighted by Crippen LogP contribution is 2.45. The molecular weight excluding hydrogens is 885 g/mol. The summed E-state index contributed by atoms with van der Waals surface area (Å²) in [6.45, 7) is 0. The third-order valence-corrected chi connectivity index (χ3v) is 15.1. The highest BCUT2D eigenvalue weighted by Gasteiger charge is 2.21. The molecule has 15 rings (SSSR count). The summed E-state index contributed by atoms with van der Waals surface area (Å²) in [5, 5.41) is 14.7. The van der Waals surface area contributed by atoms with Crippen molar-refractivity contribution in [2.45, 2.75) is 0 Å². The summed E-state index contributed by atoms with van der Waals surface area (Å²) in [7, 11) is 0. The van der Waals surface area contributed by atoms with Crippen molar-refractivity contribution in [3.05, 3.63) is 267 Å². The van der Waals surface area contributed by atoms with Gasteiger partial charge in [-0.05, 0) is 161 Å². The maximum Gasteiger partial charge on any atom is 0.137 e. The normalized spacial score (nSPS) is 11.8. The SMILES string of the molecule is c1ccc(-c2ccc(N(c3ccc(-c4ccc5c(c4)c4cc(-c6ccc7ccccc7c6)ccc4n5-c4ccc5c6ccccc6c6ccccc6c5c4)cc3)c3cccc4oc5ccccc5c34)cc2)cc1. The van der Waals surface area contributed by atoms with Gasteiger partial charge >= 0.3 is 0 Å². The van der Waals surface area contributed by atoms with Gasteiger partial charge in [0.1, 0.15) is 11.2 Å². The Morgan fingerprint density at radius 3 is 1.42 bits per heavy atom. The number of anilines is 3. The predicted octanol–water partition coefficient (Wildman–Crippen LogP) is 19.8. The Kier molecular flexibility index (Phi) is 9.26. The Morgan fingerprint density at radius 1 is 0.274 bits per heavy atom. The summed E-state index contributed by atoms with van der Waals surface area (Å²) in [4.78, 5) is 2.36. The molecule has 0 spiro atoms. The number of benzene rings is 13. The van der Waals surface area contributed by atoms with Crippen molar-refractivity contribution in [1.82, 2.24) is 4.57 Å². The van der Waals surface area contributed by atoms with E-state index in [9.17, 15) is 0 Å². The van der Waals surface area contributed by atoms with Crippen LogP contribution in [0.3, 0.4) is 0 Å². The fraction of sp³-hybridized carbons (Fsp3) is 0. The summed E-state index contributed by atoms with van der Waals surface area (Å²) in [6, 6.07) is 97.4. The molecule has 3 heteroatoms. The second kappa shape index (κ2) is 16.4. The van der Waals surface area contributed by atoms with E-state index in [0.29, 0.717) is 0 Å². The molecule has 0 aliphatic rings. The zero-order chi connectivity index (χ0) is 48.0. The van der Waals surface area contributed by atoms with Gasteiger partial charge in [-0.2, -0.15) is 0 Å². The van der Waals surface area contributed by atoms with Gasteiger partial charge in [0.05, 0.1) is 22.1 Å². The monoisotopic (exact) mass is 928 g/mol. The quantitative estimate of drug-likeness (QED) is 0.149. The van der Waals surface area contributed by atoms with Gasteiger partial charge in [0.25, 0.3) is 0 Å². The highest BCUT2D eigenvalue weighted by atomic mass is 16.3. The van der Waals surface area contributed by atoms with E-state index in [2.05, 4.69) is 270 Å². The summed E-state index contributed by atoms with van der Waals surface area (Å²) in [6.07, 6.45) is 0. The average molecular weight is 929 g/mol. The van der Waals surface area contributed by atoms with Gasteiger partial charge in [0, 0.05) is 33.2 Å². The van der Waals surface area contributed by atoms with E-state index in [4.69, 9.17) is 4.42 Å². The molecule has 73 heavy (non-hydrogen) atoms. The molecule has 0 fully saturated rings. The second-order valence-electron chi connectivity index (χ2n) is 19.2. The van der Waals surface area contributed by atoms with E-state index < -0.39 is 0 Å². The molecule has 0 aliphatic heterocycles. The minimum Gasteiger partial charge on any atom is -0.456 e. The van der Waals surface area contributed by atoms with Crippen molar-refractivity contribution in [3.8, 4) is 39.1 Å². The van der Waals surface area contributed by atoms with Crippen LogP contribution in [-0.2, 0) is 0 Å². The topological polar surface area (TPSA) is 21.3 Å². The second-order valence-corrected chi connectivity index (χ2v) is 19.2. The molecular formula is C70H44N2O. The largest absolute Gasteiger partial charge is 0.456 e. The lowest BCUT2D eigenvalue weighted by Gasteiger charge is -2.26. The van der Waals surface area contributed by atoms with Crippen molar-refractivity contribution in [1.29, 1.82) is 0 Å². The maximum atomic E-state index is 6.44. The molecule has 0 radical (unpaired) electrons. The van der Waals surface area contributed by atoms with Gasteiger partial charge in [-0.3, -0.25) is 0 Å². The van der Waals surface area contributed by atoms with Crippen LogP contribution in [0.2, 0.25) is 0 Å². The molecule has 13 aromatic carbocycles. The lowest BCUT2D eigenvalue weighted by atomic mass is 9.94. The van der Waals surface area contributed by atoms with Crippen LogP contribution in [0.5, 0.6) is 0 Å². The van der Waals surface area contributed by atoms with Crippen LogP contribution < -0.4 is 4.90 Å². The first-order valence-electron chi connectivity index (χ1n) is 25.1. The third-order valence-electron chi connectivity index (χ3n) is 15.1. The van der Waals surface area contributed by atoms with Gasteiger partial charge in [-0.15, -0.1) is 0 Å². The number of rotatable bonds is 7. The molecule has 0 atom stereocenters. The fourth-order valence-electron chi connectivity index (χ4n) is 11.7. The van der Waals surface area contributed by atoms with Crippen molar-refractivity contribution in [2.24, 2.45) is 0 Å². The van der Waals surface area contributed by atoms with Crippen LogP contribution >= 0.6 is 0 Å². The molecule has 0 bridgehead atoms. The van der Waals surface area contributed by atoms with E-state index in [1.54, 1.807) is 0 Å². The highest BCUT2D eigenvalue weighted by molar-refractivity contribution is 6.26. The molecule has 0 amide bonds. The van der Waals surface area contributed by atoms with Gasteiger partial charge in [-0.25, -0.2) is 0 Å². The van der Waals surface area contributed by atoms with Crippen LogP contribution in [0.25, 0.3) is 126 Å². The van der Waals surface area contributed by atoms with Gasteiger partial charge in [0.2, 0.25) is 0 Å². The number of aromatic nitrogens is 1.